The topological polar surface area (TPSA) is 89.8 Å². The number of thiazole rings is 1. The number of nitrogens with zero attached hydrogens (tertiary/aromatic N) is 3. The van der Waals surface area contributed by atoms with E-state index in [0.717, 1.165) is 35.0 Å². The van der Waals surface area contributed by atoms with Crippen molar-refractivity contribution in [1.82, 2.24) is 9.97 Å². The lowest BCUT2D eigenvalue weighted by molar-refractivity contribution is 0.0982. The van der Waals surface area contributed by atoms with Crippen LogP contribution in [0.25, 0.3) is 0 Å². The molecule has 23 heavy (non-hydrogen) atoms. The molecule has 0 atom stereocenters. The van der Waals surface area contributed by atoms with Crippen LogP contribution >= 0.6 is 11.3 Å². The van der Waals surface area contributed by atoms with E-state index in [-0.39, 0.29) is 17.2 Å². The van der Waals surface area contributed by atoms with Crippen molar-refractivity contribution >= 4 is 22.2 Å². The first kappa shape index (κ1) is 15.4. The van der Waals surface area contributed by atoms with Gasteiger partial charge in [-0.3, -0.25) is 14.5 Å². The molecule has 1 aliphatic rings. The number of aryl methyl sites for hydroxylation is 3. The number of H-pyrrole nitrogens is 1. The molecule has 0 spiro atoms. The molecule has 1 amide bonds. The highest BCUT2D eigenvalue weighted by molar-refractivity contribution is 7.16. The Balaban J connectivity index is 2.06. The molecule has 6 nitrogen and oxygen atoms in total. The number of hydrogen-bond donors (Lipinski definition) is 1. The molecule has 3 heterocycles. The number of pyridine rings is 1. The molecular formula is C16H16N4O2S. The van der Waals surface area contributed by atoms with Gasteiger partial charge in [0.15, 0.2) is 0 Å². The van der Waals surface area contributed by atoms with Gasteiger partial charge >= 0.3 is 0 Å². The quantitative estimate of drug-likeness (QED) is 0.870. The first-order chi connectivity index (χ1) is 11.0. The standard InChI is InChI=1S/C16H16N4O2S/c1-9-7-11(8-17)14(21)19-13(9)15(22)20-6-4-3-5-12-16(20)23-10(2)18-12/h7H,3-6H2,1-2H3,(H,19,21). The van der Waals surface area contributed by atoms with Gasteiger partial charge in [-0.15, -0.1) is 11.3 Å². The van der Waals surface area contributed by atoms with Crippen molar-refractivity contribution in [3.8, 4) is 6.07 Å². The highest BCUT2D eigenvalue weighted by Gasteiger charge is 2.27. The third-order valence-corrected chi connectivity index (χ3v) is 4.93. The summed E-state index contributed by atoms with van der Waals surface area (Å²) in [6.07, 6.45) is 2.75. The van der Waals surface area contributed by atoms with Crippen LogP contribution in [-0.2, 0) is 6.42 Å². The van der Waals surface area contributed by atoms with Crippen LogP contribution in [0.3, 0.4) is 0 Å². The minimum absolute atomic E-state index is 0.0178. The van der Waals surface area contributed by atoms with Crippen molar-refractivity contribution in [2.24, 2.45) is 0 Å². The van der Waals surface area contributed by atoms with Crippen LogP contribution < -0.4 is 10.5 Å². The number of nitrogens with one attached hydrogen (secondary N) is 1. The van der Waals surface area contributed by atoms with Gasteiger partial charge in [0, 0.05) is 6.54 Å². The third-order valence-electron chi connectivity index (χ3n) is 3.89. The molecule has 0 unspecified atom stereocenters. The monoisotopic (exact) mass is 328 g/mol. The Morgan fingerprint density at radius 1 is 1.43 bits per heavy atom. The summed E-state index contributed by atoms with van der Waals surface area (Å²) in [5.41, 5.74) is 1.28. The maximum Gasteiger partial charge on any atom is 0.275 e. The van der Waals surface area contributed by atoms with Gasteiger partial charge in [0.2, 0.25) is 0 Å². The summed E-state index contributed by atoms with van der Waals surface area (Å²) < 4.78 is 0. The molecule has 0 saturated heterocycles. The minimum atomic E-state index is -0.531. The number of amides is 1. The highest BCUT2D eigenvalue weighted by atomic mass is 32.1. The van der Waals surface area contributed by atoms with Gasteiger partial charge in [0.25, 0.3) is 11.5 Å². The summed E-state index contributed by atoms with van der Waals surface area (Å²) >= 11 is 1.50. The van der Waals surface area contributed by atoms with Crippen LogP contribution in [0.4, 0.5) is 5.00 Å². The smallest absolute Gasteiger partial charge is 0.275 e. The lowest BCUT2D eigenvalue weighted by Crippen LogP contribution is -2.34. The SMILES string of the molecule is Cc1nc2c(s1)N(C(=O)c1[nH]c(=O)c(C#N)cc1C)CCCC2. The maximum absolute atomic E-state index is 12.9. The molecule has 3 rings (SSSR count). The zero-order chi connectivity index (χ0) is 16.6. The number of aromatic amines is 1. The zero-order valence-electron chi connectivity index (χ0n) is 13.0. The molecular weight excluding hydrogens is 312 g/mol. The van der Waals surface area contributed by atoms with Crippen LogP contribution in [0, 0.1) is 25.2 Å². The predicted molar refractivity (Wildman–Crippen MR) is 88.0 cm³/mol. The Hall–Kier alpha value is -2.46. The fourth-order valence-electron chi connectivity index (χ4n) is 2.76. The Bertz CT molecular complexity index is 875. The molecule has 2 aromatic heterocycles. The molecule has 118 valence electrons. The highest BCUT2D eigenvalue weighted by Crippen LogP contribution is 2.33. The molecule has 7 heteroatoms. The normalized spacial score (nSPS) is 14.0. The van der Waals surface area contributed by atoms with E-state index in [9.17, 15) is 9.59 Å². The lowest BCUT2D eigenvalue weighted by atomic mass is 10.1. The molecule has 1 aliphatic heterocycles. The predicted octanol–water partition coefficient (Wildman–Crippen LogP) is 2.30. The second-order valence-electron chi connectivity index (χ2n) is 5.58. The Morgan fingerprint density at radius 2 is 2.22 bits per heavy atom. The Labute approximate surface area is 137 Å². The van der Waals surface area contributed by atoms with Crippen molar-refractivity contribution in [2.45, 2.75) is 33.1 Å². The molecule has 0 aliphatic carbocycles. The fourth-order valence-corrected chi connectivity index (χ4v) is 3.75. The van der Waals surface area contributed by atoms with Gasteiger partial charge in [-0.25, -0.2) is 4.98 Å². The number of carbonyl (C=O) groups excluding carboxylic acids is 1. The molecule has 0 aromatic carbocycles. The summed E-state index contributed by atoms with van der Waals surface area (Å²) in [7, 11) is 0. The number of rotatable bonds is 1. The van der Waals surface area contributed by atoms with E-state index in [0.29, 0.717) is 12.1 Å². The number of anilines is 1. The van der Waals surface area contributed by atoms with Crippen LogP contribution in [0.5, 0.6) is 0 Å². The number of aromatic nitrogens is 2. The molecule has 1 N–H and O–H groups in total. The van der Waals surface area contributed by atoms with E-state index < -0.39 is 5.56 Å². The van der Waals surface area contributed by atoms with Crippen LogP contribution in [0.15, 0.2) is 10.9 Å². The Morgan fingerprint density at radius 3 is 2.96 bits per heavy atom. The third kappa shape index (κ3) is 2.78. The van der Waals surface area contributed by atoms with E-state index in [1.165, 1.54) is 17.4 Å². The van der Waals surface area contributed by atoms with Gasteiger partial charge in [0.05, 0.1) is 10.7 Å². The summed E-state index contributed by atoms with van der Waals surface area (Å²) in [4.78, 5) is 33.6. The van der Waals surface area contributed by atoms with E-state index in [1.54, 1.807) is 11.8 Å². The summed E-state index contributed by atoms with van der Waals surface area (Å²) in [6.45, 7) is 4.26. The van der Waals surface area contributed by atoms with Crippen molar-refractivity contribution in [2.75, 3.05) is 11.4 Å². The Kier molecular flexibility index (Phi) is 4.01. The first-order valence-electron chi connectivity index (χ1n) is 7.43. The molecule has 2 aromatic rings. The van der Waals surface area contributed by atoms with Gasteiger partial charge in [-0.2, -0.15) is 5.26 Å². The van der Waals surface area contributed by atoms with E-state index in [2.05, 4.69) is 9.97 Å². The minimum Gasteiger partial charge on any atom is -0.316 e. The van der Waals surface area contributed by atoms with Crippen molar-refractivity contribution in [3.05, 3.63) is 43.9 Å². The van der Waals surface area contributed by atoms with Crippen molar-refractivity contribution < 1.29 is 4.79 Å². The summed E-state index contributed by atoms with van der Waals surface area (Å²) in [6, 6.07) is 3.30. The van der Waals surface area contributed by atoms with Gasteiger partial charge in [-0.05, 0) is 44.7 Å². The van der Waals surface area contributed by atoms with Crippen molar-refractivity contribution in [3.63, 3.8) is 0 Å². The van der Waals surface area contributed by atoms with Gasteiger partial charge in [-0.1, -0.05) is 0 Å². The first-order valence-corrected chi connectivity index (χ1v) is 8.25. The van der Waals surface area contributed by atoms with E-state index >= 15 is 0 Å². The lowest BCUT2D eigenvalue weighted by Gasteiger charge is -2.20. The van der Waals surface area contributed by atoms with E-state index in [4.69, 9.17) is 5.26 Å². The molecule has 0 saturated carbocycles. The largest absolute Gasteiger partial charge is 0.316 e. The average molecular weight is 328 g/mol. The maximum atomic E-state index is 12.9. The zero-order valence-corrected chi connectivity index (χ0v) is 13.8. The van der Waals surface area contributed by atoms with Gasteiger partial charge in [0.1, 0.15) is 22.3 Å². The number of hydrogen-bond acceptors (Lipinski definition) is 5. The second-order valence-corrected chi connectivity index (χ2v) is 6.76. The number of fused-ring (bicyclic) bond motifs is 1. The van der Waals surface area contributed by atoms with Gasteiger partial charge < -0.3 is 4.98 Å². The number of carbonyl (C=O) groups is 1. The van der Waals surface area contributed by atoms with Crippen molar-refractivity contribution in [1.29, 1.82) is 5.26 Å². The molecule has 0 bridgehead atoms. The van der Waals surface area contributed by atoms with Crippen LogP contribution in [0.1, 0.15) is 45.2 Å². The molecule has 0 radical (unpaired) electrons. The second kappa shape index (κ2) is 5.97. The van der Waals surface area contributed by atoms with Crippen LogP contribution in [0.2, 0.25) is 0 Å². The van der Waals surface area contributed by atoms with E-state index in [1.807, 2.05) is 13.0 Å². The van der Waals surface area contributed by atoms with Crippen LogP contribution in [-0.4, -0.2) is 22.4 Å². The molecule has 0 fully saturated rings. The number of nitriles is 1. The fraction of sp³-hybridized carbons (Fsp3) is 0.375. The average Bonchev–Trinajstić information content (AvgIpc) is 2.78. The summed E-state index contributed by atoms with van der Waals surface area (Å²) in [5.74, 6) is -0.240. The summed E-state index contributed by atoms with van der Waals surface area (Å²) in [5, 5.41) is 10.7.